The molecule has 67 heavy (non-hydrogen) atoms. The van der Waals surface area contributed by atoms with Gasteiger partial charge in [-0.05, 0) is 87.8 Å². The molecule has 352 valence electrons. The first-order chi connectivity index (χ1) is 31.6. The summed E-state index contributed by atoms with van der Waals surface area (Å²) in [5.41, 5.74) is -2.56. The van der Waals surface area contributed by atoms with E-state index in [4.69, 9.17) is 4.98 Å². The van der Waals surface area contributed by atoms with Crippen LogP contribution in [0.1, 0.15) is 98.2 Å². The summed E-state index contributed by atoms with van der Waals surface area (Å²) in [6, 6.07) is 8.12. The molecule has 2 fully saturated rings. The summed E-state index contributed by atoms with van der Waals surface area (Å²) in [6.45, 7) is 0.748. The Morgan fingerprint density at radius 3 is 2.28 bits per heavy atom. The number of rotatable bonds is 15. The normalized spacial score (nSPS) is 19.2. The van der Waals surface area contributed by atoms with Gasteiger partial charge in [-0.25, -0.2) is 48.2 Å². The summed E-state index contributed by atoms with van der Waals surface area (Å²) >= 11 is 0. The molecule has 4 aliphatic carbocycles. The van der Waals surface area contributed by atoms with E-state index in [-0.39, 0.29) is 51.2 Å². The number of amides is 1. The first-order valence-electron chi connectivity index (χ1n) is 21.1. The number of nitrogens with zero attached hydrogens (tertiary/aromatic N) is 5. The third kappa shape index (κ3) is 8.62. The number of sulfone groups is 1. The fourth-order valence-electron chi connectivity index (χ4n) is 8.78. The van der Waals surface area contributed by atoms with Crippen molar-refractivity contribution < 1.29 is 56.8 Å². The molecule has 0 radical (unpaired) electrons. The Kier molecular flexibility index (Phi) is 11.5. The topological polar surface area (TPSA) is 158 Å². The van der Waals surface area contributed by atoms with Crippen LogP contribution in [0.25, 0.3) is 22.0 Å². The van der Waals surface area contributed by atoms with E-state index in [1.54, 1.807) is 0 Å². The van der Waals surface area contributed by atoms with Crippen molar-refractivity contribution in [3.63, 3.8) is 0 Å². The maximum absolute atomic E-state index is 16.0. The maximum atomic E-state index is 16.0. The summed E-state index contributed by atoms with van der Waals surface area (Å²) in [6.07, 6.45) is -5.42. The number of pyridine rings is 1. The number of carbonyl (C=O) groups is 1. The number of hydrogen-bond acceptors (Lipinski definition) is 8. The third-order valence-corrected chi connectivity index (χ3v) is 17.0. The number of aromatic nitrogens is 5. The van der Waals surface area contributed by atoms with Gasteiger partial charge in [0.25, 0.3) is 18.8 Å². The van der Waals surface area contributed by atoms with Crippen molar-refractivity contribution >= 4 is 42.5 Å². The molecule has 4 aliphatic rings. The molecule has 3 atom stereocenters. The zero-order valence-electron chi connectivity index (χ0n) is 35.4. The maximum Gasteiger partial charge on any atom is 0.294 e. The molecule has 0 saturated heterocycles. The molecule has 2 saturated carbocycles. The van der Waals surface area contributed by atoms with Gasteiger partial charge in [0.1, 0.15) is 46.6 Å². The van der Waals surface area contributed by atoms with Gasteiger partial charge in [-0.15, -0.1) is 5.92 Å². The number of hydrogen-bond donors (Lipinski definition) is 2. The van der Waals surface area contributed by atoms with E-state index in [9.17, 15) is 48.0 Å². The molecular formula is C45H39F8N7O5S2. The van der Waals surface area contributed by atoms with Gasteiger partial charge in [-0.3, -0.25) is 18.9 Å². The second kappa shape index (κ2) is 16.7. The lowest BCUT2D eigenvalue weighted by Crippen LogP contribution is -2.35. The lowest BCUT2D eigenvalue weighted by molar-refractivity contribution is -0.123. The van der Waals surface area contributed by atoms with Crippen molar-refractivity contribution in [1.29, 1.82) is 0 Å². The van der Waals surface area contributed by atoms with Gasteiger partial charge < -0.3 is 5.32 Å². The van der Waals surface area contributed by atoms with Gasteiger partial charge in [0.2, 0.25) is 15.9 Å². The summed E-state index contributed by atoms with van der Waals surface area (Å²) < 4.78 is 174. The zero-order chi connectivity index (χ0) is 48.0. The van der Waals surface area contributed by atoms with Crippen LogP contribution in [0.3, 0.4) is 0 Å². The first-order valence-corrected chi connectivity index (χ1v) is 24.2. The SMILES string of the molecule is CC(C)(C#Cc1ccc(-c2cccc3c(NS(=O)(=O)C4CC4)nn(CC(F)F)c23)c([C@H](Cc2cc(F)cc(F)c2)NC(=O)Cn2nc(C(F)F)c3c2C(F)(F)[C@@H]2CC#C[C@H]32)n1)S(=O)(=O)C1CC1. The van der Waals surface area contributed by atoms with E-state index in [0.29, 0.717) is 36.4 Å². The van der Waals surface area contributed by atoms with E-state index in [1.165, 1.54) is 44.2 Å². The van der Waals surface area contributed by atoms with Gasteiger partial charge in [-0.1, -0.05) is 24.0 Å². The van der Waals surface area contributed by atoms with Crippen molar-refractivity contribution in [3.8, 4) is 34.8 Å². The largest absolute Gasteiger partial charge is 0.346 e. The number of carbonyl (C=O) groups excluding carboxylic acids is 1. The second-order valence-corrected chi connectivity index (χ2v) is 22.3. The molecule has 22 heteroatoms. The number of para-hydroxylation sites is 1. The molecule has 1 amide bonds. The highest BCUT2D eigenvalue weighted by molar-refractivity contribution is 7.94. The van der Waals surface area contributed by atoms with E-state index in [1.807, 2.05) is 0 Å². The smallest absolute Gasteiger partial charge is 0.294 e. The number of benzene rings is 2. The van der Waals surface area contributed by atoms with Crippen LogP contribution in [0.5, 0.6) is 0 Å². The minimum Gasteiger partial charge on any atom is -0.346 e. The van der Waals surface area contributed by atoms with Crippen LogP contribution in [0.15, 0.2) is 48.5 Å². The van der Waals surface area contributed by atoms with Crippen LogP contribution in [0, 0.1) is 41.2 Å². The molecule has 12 nitrogen and oxygen atoms in total. The Bertz CT molecular complexity index is 3200. The van der Waals surface area contributed by atoms with Gasteiger partial charge in [0.15, 0.2) is 15.7 Å². The fourth-order valence-corrected chi connectivity index (χ4v) is 11.9. The monoisotopic (exact) mass is 973 g/mol. The van der Waals surface area contributed by atoms with Gasteiger partial charge in [0, 0.05) is 34.6 Å². The molecule has 5 aromatic rings. The molecule has 2 aromatic carbocycles. The average Bonchev–Trinajstić information content (AvgIpc) is 4.16. The van der Waals surface area contributed by atoms with E-state index in [2.05, 4.69) is 43.9 Å². The second-order valence-electron chi connectivity index (χ2n) is 17.5. The number of halogens is 8. The molecule has 0 unspecified atom stereocenters. The number of sulfonamides is 1. The van der Waals surface area contributed by atoms with Crippen LogP contribution < -0.4 is 10.0 Å². The van der Waals surface area contributed by atoms with Crippen molar-refractivity contribution in [2.75, 3.05) is 4.72 Å². The van der Waals surface area contributed by atoms with Crippen molar-refractivity contribution in [2.45, 2.75) is 111 Å². The molecule has 0 bridgehead atoms. The van der Waals surface area contributed by atoms with E-state index in [0.717, 1.165) is 16.8 Å². The Balaban J connectivity index is 1.20. The Morgan fingerprint density at radius 1 is 0.925 bits per heavy atom. The molecule has 9 rings (SSSR count). The summed E-state index contributed by atoms with van der Waals surface area (Å²) in [5.74, 6) is 0.765. The van der Waals surface area contributed by atoms with E-state index < -0.39 is 126 Å². The molecular weight excluding hydrogens is 935 g/mol. The summed E-state index contributed by atoms with van der Waals surface area (Å²) in [5, 5.41) is 9.37. The highest BCUT2D eigenvalue weighted by atomic mass is 32.2. The molecule has 3 heterocycles. The minimum atomic E-state index is -3.98. The van der Waals surface area contributed by atoms with E-state index >= 15 is 8.78 Å². The lowest BCUT2D eigenvalue weighted by atomic mass is 9.93. The first kappa shape index (κ1) is 46.1. The standard InChI is InChI=1S/C45H39F8N7O5S2/c1-44(2,66(62,63)27-10-11-27)16-15-26-9-14-29(30-5-3-7-32-40(30)59(21-35(48)49)57-43(32)58-67(64,65)28-12-13-28)38(54-26)34(19-23-17-24(46)20-25(47)18-23)55-36(61)22-60-41-37(39(56-60)42(50)51)31-6-4-8-33(31)45(41,52)53/h3,5,7,9,14,17-18,20,27-28,31,33-35,42H,8,10-13,19,21-22H2,1-2H3,(H,55,61)(H,57,58)/t31-,33+,34-/m0/s1. The quantitative estimate of drug-likeness (QED) is 0.0799. The van der Waals surface area contributed by atoms with Crippen LogP contribution in [0.4, 0.5) is 40.9 Å². The summed E-state index contributed by atoms with van der Waals surface area (Å²) in [7, 11) is -7.72. The summed E-state index contributed by atoms with van der Waals surface area (Å²) in [4.78, 5) is 19.0. The number of nitrogens with one attached hydrogen (secondary N) is 2. The lowest BCUT2D eigenvalue weighted by Gasteiger charge is -2.23. The predicted octanol–water partition coefficient (Wildman–Crippen LogP) is 7.70. The van der Waals surface area contributed by atoms with Gasteiger partial charge >= 0.3 is 0 Å². The Hall–Kier alpha value is -6.00. The zero-order valence-corrected chi connectivity index (χ0v) is 37.1. The number of fused-ring (bicyclic) bond motifs is 4. The fraction of sp³-hybridized carbons (Fsp3) is 0.422. The molecule has 0 spiro atoms. The van der Waals surface area contributed by atoms with Crippen LogP contribution in [0.2, 0.25) is 0 Å². The Morgan fingerprint density at radius 2 is 1.63 bits per heavy atom. The molecule has 2 N–H and O–H groups in total. The molecule has 3 aromatic heterocycles. The minimum absolute atomic E-state index is 0.0285. The average molecular weight is 974 g/mol. The third-order valence-electron chi connectivity index (χ3n) is 12.3. The van der Waals surface area contributed by atoms with Crippen molar-refractivity contribution in [3.05, 3.63) is 94.1 Å². The van der Waals surface area contributed by atoms with Crippen molar-refractivity contribution in [2.24, 2.45) is 5.92 Å². The van der Waals surface area contributed by atoms with Crippen LogP contribution in [-0.2, 0) is 50.1 Å². The van der Waals surface area contributed by atoms with Gasteiger partial charge in [0.05, 0.1) is 39.6 Å². The number of alkyl halides is 6. The predicted molar refractivity (Wildman–Crippen MR) is 228 cm³/mol. The highest BCUT2D eigenvalue weighted by Gasteiger charge is 2.59. The van der Waals surface area contributed by atoms with Crippen LogP contribution >= 0.6 is 0 Å². The van der Waals surface area contributed by atoms with Gasteiger partial charge in [-0.2, -0.15) is 19.0 Å². The van der Waals surface area contributed by atoms with Crippen LogP contribution in [-0.4, -0.2) is 69.0 Å². The van der Waals surface area contributed by atoms with Crippen molar-refractivity contribution in [1.82, 2.24) is 29.9 Å². The number of anilines is 1. The highest BCUT2D eigenvalue weighted by Crippen LogP contribution is 2.57. The Labute approximate surface area is 378 Å². The molecule has 0 aliphatic heterocycles.